The average molecular weight is 292 g/mol. The SMILES string of the molecule is Cc1ccc(C#N)c(NCC(=O)N2CCc3ccccc32)n1. The molecular weight excluding hydrogens is 276 g/mol. The number of carbonyl (C=O) groups excluding carboxylic acids is 1. The fraction of sp³-hybridized carbons (Fsp3) is 0.235. The minimum atomic E-state index is -0.0165. The number of carbonyl (C=O) groups is 1. The number of amides is 1. The Morgan fingerprint density at radius 1 is 1.36 bits per heavy atom. The molecular formula is C17H16N4O. The topological polar surface area (TPSA) is 69.0 Å². The number of benzene rings is 1. The normalized spacial score (nSPS) is 12.6. The van der Waals surface area contributed by atoms with Gasteiger partial charge in [0.05, 0.1) is 12.1 Å². The van der Waals surface area contributed by atoms with E-state index in [1.165, 1.54) is 5.56 Å². The second-order valence-corrected chi connectivity index (χ2v) is 5.24. The third-order valence-electron chi connectivity index (χ3n) is 3.75. The number of anilines is 2. The van der Waals surface area contributed by atoms with Crippen molar-refractivity contribution in [2.75, 3.05) is 23.3 Å². The molecule has 1 aromatic carbocycles. The van der Waals surface area contributed by atoms with Gasteiger partial charge in [0.15, 0.2) is 0 Å². The summed E-state index contributed by atoms with van der Waals surface area (Å²) >= 11 is 0. The number of fused-ring (bicyclic) bond motifs is 1. The molecule has 1 aliphatic rings. The third kappa shape index (κ3) is 2.63. The molecule has 0 unspecified atom stereocenters. The first-order valence-corrected chi connectivity index (χ1v) is 7.19. The van der Waals surface area contributed by atoms with E-state index in [9.17, 15) is 4.79 Å². The first-order chi connectivity index (χ1) is 10.7. The summed E-state index contributed by atoms with van der Waals surface area (Å²) in [6.07, 6.45) is 0.883. The number of para-hydroxylation sites is 1. The third-order valence-corrected chi connectivity index (χ3v) is 3.75. The van der Waals surface area contributed by atoms with Gasteiger partial charge in [0.1, 0.15) is 11.9 Å². The van der Waals surface area contributed by atoms with Crippen molar-refractivity contribution in [2.45, 2.75) is 13.3 Å². The maximum Gasteiger partial charge on any atom is 0.246 e. The van der Waals surface area contributed by atoms with E-state index >= 15 is 0 Å². The van der Waals surface area contributed by atoms with E-state index in [1.54, 1.807) is 17.0 Å². The number of nitriles is 1. The summed E-state index contributed by atoms with van der Waals surface area (Å²) in [7, 11) is 0. The molecule has 0 radical (unpaired) electrons. The molecule has 110 valence electrons. The summed E-state index contributed by atoms with van der Waals surface area (Å²) in [5.74, 6) is 0.445. The molecule has 3 rings (SSSR count). The number of aryl methyl sites for hydroxylation is 1. The second kappa shape index (κ2) is 5.86. The summed E-state index contributed by atoms with van der Waals surface area (Å²) < 4.78 is 0. The van der Waals surface area contributed by atoms with Gasteiger partial charge in [-0.2, -0.15) is 5.26 Å². The first-order valence-electron chi connectivity index (χ1n) is 7.19. The minimum absolute atomic E-state index is 0.0165. The van der Waals surface area contributed by atoms with E-state index in [1.807, 2.05) is 31.2 Å². The van der Waals surface area contributed by atoms with Gasteiger partial charge < -0.3 is 10.2 Å². The minimum Gasteiger partial charge on any atom is -0.360 e. The lowest BCUT2D eigenvalue weighted by Gasteiger charge is -2.18. The van der Waals surface area contributed by atoms with E-state index in [4.69, 9.17) is 5.26 Å². The fourth-order valence-electron chi connectivity index (χ4n) is 2.63. The molecule has 1 aromatic heterocycles. The Morgan fingerprint density at radius 3 is 3.00 bits per heavy atom. The van der Waals surface area contributed by atoms with Crippen LogP contribution in [0, 0.1) is 18.3 Å². The van der Waals surface area contributed by atoms with E-state index in [0.29, 0.717) is 17.9 Å². The zero-order valence-corrected chi connectivity index (χ0v) is 12.3. The highest BCUT2D eigenvalue weighted by atomic mass is 16.2. The maximum absolute atomic E-state index is 12.4. The van der Waals surface area contributed by atoms with Crippen molar-refractivity contribution in [2.24, 2.45) is 0 Å². The number of aromatic nitrogens is 1. The highest BCUT2D eigenvalue weighted by Crippen LogP contribution is 2.27. The van der Waals surface area contributed by atoms with Crippen LogP contribution < -0.4 is 10.2 Å². The van der Waals surface area contributed by atoms with Crippen LogP contribution in [0.2, 0.25) is 0 Å². The molecule has 1 aliphatic heterocycles. The standard InChI is InChI=1S/C17H16N4O/c1-12-6-7-14(10-18)17(20-12)19-11-16(22)21-9-8-13-4-2-3-5-15(13)21/h2-7H,8-9,11H2,1H3,(H,19,20). The predicted molar refractivity (Wildman–Crippen MR) is 84.7 cm³/mol. The van der Waals surface area contributed by atoms with Crippen LogP contribution in [0.3, 0.4) is 0 Å². The number of hydrogen-bond acceptors (Lipinski definition) is 4. The Labute approximate surface area is 129 Å². The molecule has 1 N–H and O–H groups in total. The van der Waals surface area contributed by atoms with E-state index in [2.05, 4.69) is 16.4 Å². The predicted octanol–water partition coefficient (Wildman–Crippen LogP) is 2.26. The number of rotatable bonds is 3. The van der Waals surface area contributed by atoms with Gasteiger partial charge in [0.25, 0.3) is 0 Å². The van der Waals surface area contributed by atoms with Crippen molar-refractivity contribution in [1.29, 1.82) is 5.26 Å². The Kier molecular flexibility index (Phi) is 3.75. The Bertz CT molecular complexity index is 763. The molecule has 5 nitrogen and oxygen atoms in total. The van der Waals surface area contributed by atoms with Crippen molar-refractivity contribution in [3.05, 3.63) is 53.2 Å². The molecule has 22 heavy (non-hydrogen) atoms. The zero-order chi connectivity index (χ0) is 15.5. The molecule has 0 atom stereocenters. The van der Waals surface area contributed by atoms with Crippen LogP contribution in [0.4, 0.5) is 11.5 Å². The van der Waals surface area contributed by atoms with Gasteiger partial charge in [0, 0.05) is 17.9 Å². The second-order valence-electron chi connectivity index (χ2n) is 5.24. The fourth-order valence-corrected chi connectivity index (χ4v) is 2.63. The lowest BCUT2D eigenvalue weighted by atomic mass is 10.2. The monoisotopic (exact) mass is 292 g/mol. The van der Waals surface area contributed by atoms with E-state index < -0.39 is 0 Å². The molecule has 2 aromatic rings. The molecule has 0 saturated carbocycles. The van der Waals surface area contributed by atoms with Crippen molar-refractivity contribution < 1.29 is 4.79 Å². The highest BCUT2D eigenvalue weighted by Gasteiger charge is 2.23. The summed E-state index contributed by atoms with van der Waals surface area (Å²) in [6.45, 7) is 2.68. The van der Waals surface area contributed by atoms with Gasteiger partial charge in [-0.1, -0.05) is 18.2 Å². The molecule has 0 spiro atoms. The molecule has 0 bridgehead atoms. The quantitative estimate of drug-likeness (QED) is 0.942. The van der Waals surface area contributed by atoms with Crippen LogP contribution in [-0.4, -0.2) is 24.0 Å². The van der Waals surface area contributed by atoms with Crippen LogP contribution in [-0.2, 0) is 11.2 Å². The first kappa shape index (κ1) is 14.1. The van der Waals surface area contributed by atoms with Crippen LogP contribution in [0.15, 0.2) is 36.4 Å². The van der Waals surface area contributed by atoms with Gasteiger partial charge in [-0.25, -0.2) is 4.98 Å². The number of pyridine rings is 1. The van der Waals surface area contributed by atoms with Crippen LogP contribution in [0.1, 0.15) is 16.8 Å². The van der Waals surface area contributed by atoms with Crippen LogP contribution in [0.5, 0.6) is 0 Å². The number of nitrogens with one attached hydrogen (secondary N) is 1. The smallest absolute Gasteiger partial charge is 0.246 e. The number of hydrogen-bond donors (Lipinski definition) is 1. The number of nitrogens with zero attached hydrogens (tertiary/aromatic N) is 3. The zero-order valence-electron chi connectivity index (χ0n) is 12.3. The highest BCUT2D eigenvalue weighted by molar-refractivity contribution is 5.98. The van der Waals surface area contributed by atoms with E-state index in [-0.39, 0.29) is 12.5 Å². The molecule has 0 aliphatic carbocycles. The molecule has 0 saturated heterocycles. The van der Waals surface area contributed by atoms with Crippen molar-refractivity contribution in [3.8, 4) is 6.07 Å². The van der Waals surface area contributed by atoms with Gasteiger partial charge >= 0.3 is 0 Å². The van der Waals surface area contributed by atoms with Gasteiger partial charge in [-0.05, 0) is 37.1 Å². The molecule has 2 heterocycles. The Balaban J connectivity index is 1.72. The molecule has 1 amide bonds. The summed E-state index contributed by atoms with van der Waals surface area (Å²) in [6, 6.07) is 13.5. The van der Waals surface area contributed by atoms with Crippen molar-refractivity contribution in [3.63, 3.8) is 0 Å². The van der Waals surface area contributed by atoms with Crippen LogP contribution in [0.25, 0.3) is 0 Å². The van der Waals surface area contributed by atoms with Gasteiger partial charge in [-0.3, -0.25) is 4.79 Å². The largest absolute Gasteiger partial charge is 0.360 e. The summed E-state index contributed by atoms with van der Waals surface area (Å²) in [5, 5.41) is 12.1. The lowest BCUT2D eigenvalue weighted by Crippen LogP contribution is -2.34. The lowest BCUT2D eigenvalue weighted by molar-refractivity contribution is -0.116. The molecule has 0 fully saturated rings. The van der Waals surface area contributed by atoms with E-state index in [0.717, 1.165) is 17.8 Å². The van der Waals surface area contributed by atoms with Crippen molar-refractivity contribution in [1.82, 2.24) is 4.98 Å². The van der Waals surface area contributed by atoms with Gasteiger partial charge in [-0.15, -0.1) is 0 Å². The van der Waals surface area contributed by atoms with Crippen LogP contribution >= 0.6 is 0 Å². The van der Waals surface area contributed by atoms with Gasteiger partial charge in [0.2, 0.25) is 5.91 Å². The molecule has 5 heteroatoms. The summed E-state index contributed by atoms with van der Waals surface area (Å²) in [5.41, 5.74) is 3.43. The Hall–Kier alpha value is -2.87. The summed E-state index contributed by atoms with van der Waals surface area (Å²) in [4.78, 5) is 18.5. The Morgan fingerprint density at radius 2 is 2.18 bits per heavy atom. The average Bonchev–Trinajstić information content (AvgIpc) is 2.97. The maximum atomic E-state index is 12.4. The van der Waals surface area contributed by atoms with Crippen molar-refractivity contribution >= 4 is 17.4 Å².